The number of hydrogen-bond acceptors (Lipinski definition) is 7. The molecule has 0 bridgehead atoms. The second kappa shape index (κ2) is 7.55. The number of hydrogen-bond donors (Lipinski definition) is 1. The van der Waals surface area contributed by atoms with E-state index in [4.69, 9.17) is 9.84 Å². The number of aromatic nitrogens is 3. The van der Waals surface area contributed by atoms with Crippen molar-refractivity contribution >= 4 is 5.69 Å². The summed E-state index contributed by atoms with van der Waals surface area (Å²) in [5, 5.41) is 24.1. The Morgan fingerprint density at radius 2 is 2.26 bits per heavy atom. The van der Waals surface area contributed by atoms with Crippen molar-refractivity contribution in [3.63, 3.8) is 0 Å². The van der Waals surface area contributed by atoms with Gasteiger partial charge in [-0.05, 0) is 31.5 Å². The lowest BCUT2D eigenvalue weighted by Crippen LogP contribution is -2.37. The predicted octanol–water partition coefficient (Wildman–Crippen LogP) is 1.14. The van der Waals surface area contributed by atoms with E-state index in [0.717, 1.165) is 62.6 Å². The second-order valence-corrected chi connectivity index (χ2v) is 7.13. The lowest BCUT2D eigenvalue weighted by molar-refractivity contribution is 0.0661. The number of methoxy groups -OCH3 is 1. The molecule has 2 aliphatic heterocycles. The van der Waals surface area contributed by atoms with Gasteiger partial charge in [0.1, 0.15) is 11.6 Å². The van der Waals surface area contributed by atoms with Crippen molar-refractivity contribution in [3.8, 4) is 11.9 Å². The maximum atomic E-state index is 9.86. The highest BCUT2D eigenvalue weighted by Gasteiger charge is 2.24. The minimum Gasteiger partial charge on any atom is -0.480 e. The van der Waals surface area contributed by atoms with Crippen LogP contribution in [0.3, 0.4) is 0 Å². The Hall–Kier alpha value is -2.63. The van der Waals surface area contributed by atoms with Crippen LogP contribution in [0, 0.1) is 11.3 Å². The molecule has 1 atom stereocenters. The Balaban J connectivity index is 1.51. The quantitative estimate of drug-likeness (QED) is 0.865. The Morgan fingerprint density at radius 1 is 1.37 bits per heavy atom. The zero-order valence-corrected chi connectivity index (χ0v) is 15.5. The summed E-state index contributed by atoms with van der Waals surface area (Å²) in [6.45, 7) is 4.73. The number of pyridine rings is 1. The summed E-state index contributed by atoms with van der Waals surface area (Å²) in [4.78, 5) is 8.57. The van der Waals surface area contributed by atoms with Gasteiger partial charge in [0.05, 0.1) is 43.4 Å². The molecule has 0 radical (unpaired) electrons. The predicted molar refractivity (Wildman–Crippen MR) is 99.3 cm³/mol. The van der Waals surface area contributed by atoms with Gasteiger partial charge < -0.3 is 14.7 Å². The number of anilines is 1. The lowest BCUT2D eigenvalue weighted by Gasteiger charge is -2.30. The molecule has 27 heavy (non-hydrogen) atoms. The Morgan fingerprint density at radius 3 is 3.04 bits per heavy atom. The van der Waals surface area contributed by atoms with Crippen LogP contribution in [0.5, 0.6) is 5.88 Å². The van der Waals surface area contributed by atoms with E-state index < -0.39 is 0 Å². The van der Waals surface area contributed by atoms with E-state index in [1.54, 1.807) is 6.20 Å². The van der Waals surface area contributed by atoms with Gasteiger partial charge in [0, 0.05) is 25.8 Å². The molecule has 2 aromatic rings. The zero-order valence-electron chi connectivity index (χ0n) is 15.5. The van der Waals surface area contributed by atoms with Crippen molar-refractivity contribution in [3.05, 3.63) is 35.3 Å². The normalized spacial score (nSPS) is 20.2. The minimum atomic E-state index is -0.224. The molecule has 2 aliphatic rings. The lowest BCUT2D eigenvalue weighted by atomic mass is 10.1. The van der Waals surface area contributed by atoms with Crippen LogP contribution < -0.4 is 9.64 Å². The van der Waals surface area contributed by atoms with E-state index in [-0.39, 0.29) is 6.10 Å². The number of aliphatic hydroxyl groups excluding tert-OH is 1. The third-order valence-electron chi connectivity index (χ3n) is 5.25. The molecule has 4 rings (SSSR count). The monoisotopic (exact) mass is 368 g/mol. The van der Waals surface area contributed by atoms with Gasteiger partial charge in [-0.3, -0.25) is 9.58 Å². The summed E-state index contributed by atoms with van der Waals surface area (Å²) < 4.78 is 7.28. The topological polar surface area (TPSA) is 90.4 Å². The summed E-state index contributed by atoms with van der Waals surface area (Å²) in [7, 11) is 1.53. The average Bonchev–Trinajstić information content (AvgIpc) is 3.08. The molecule has 0 saturated carbocycles. The van der Waals surface area contributed by atoms with Gasteiger partial charge in [0.15, 0.2) is 0 Å². The van der Waals surface area contributed by atoms with E-state index in [0.29, 0.717) is 18.0 Å². The maximum absolute atomic E-state index is 9.86. The molecule has 1 saturated heterocycles. The molecule has 4 heterocycles. The Bertz CT molecular complexity index is 858. The van der Waals surface area contributed by atoms with Crippen LogP contribution >= 0.6 is 0 Å². The number of β-amino-alcohol motifs (C(OH)–C–C–N with tert-alkyl or cyclic N) is 1. The van der Waals surface area contributed by atoms with Gasteiger partial charge in [-0.25, -0.2) is 4.98 Å². The van der Waals surface area contributed by atoms with Gasteiger partial charge in [-0.15, -0.1) is 0 Å². The molecule has 2 aromatic heterocycles. The number of ether oxygens (including phenoxy) is 1. The van der Waals surface area contributed by atoms with E-state index in [2.05, 4.69) is 31.6 Å². The first-order valence-corrected chi connectivity index (χ1v) is 9.32. The van der Waals surface area contributed by atoms with Crippen molar-refractivity contribution in [2.45, 2.75) is 38.6 Å². The van der Waals surface area contributed by atoms with Gasteiger partial charge in [-0.1, -0.05) is 0 Å². The smallest absolute Gasteiger partial charge is 0.233 e. The van der Waals surface area contributed by atoms with Gasteiger partial charge in [-0.2, -0.15) is 10.4 Å². The van der Waals surface area contributed by atoms with Crippen molar-refractivity contribution < 1.29 is 9.84 Å². The fraction of sp³-hybridized carbons (Fsp3) is 0.526. The van der Waals surface area contributed by atoms with Crippen molar-refractivity contribution in [1.82, 2.24) is 19.7 Å². The largest absolute Gasteiger partial charge is 0.480 e. The number of fused-ring (bicyclic) bond motifs is 1. The van der Waals surface area contributed by atoms with Crippen LogP contribution in [-0.4, -0.2) is 57.6 Å². The SMILES string of the molecule is COc1nccc(N2CCn3nc(CN4CCC[C@H](O)C4)cc3C2)c1C#N. The molecule has 0 amide bonds. The Labute approximate surface area is 158 Å². The third-order valence-corrected chi connectivity index (χ3v) is 5.25. The molecule has 8 heteroatoms. The number of piperidine rings is 1. The molecule has 1 fully saturated rings. The average molecular weight is 368 g/mol. The molecule has 8 nitrogen and oxygen atoms in total. The summed E-state index contributed by atoms with van der Waals surface area (Å²) in [6.07, 6.45) is 3.37. The van der Waals surface area contributed by atoms with Crippen LogP contribution in [-0.2, 0) is 19.6 Å². The number of rotatable bonds is 4. The van der Waals surface area contributed by atoms with E-state index in [9.17, 15) is 10.4 Å². The highest BCUT2D eigenvalue weighted by atomic mass is 16.5. The fourth-order valence-electron chi connectivity index (χ4n) is 3.97. The van der Waals surface area contributed by atoms with Crippen molar-refractivity contribution in [1.29, 1.82) is 5.26 Å². The van der Waals surface area contributed by atoms with Gasteiger partial charge >= 0.3 is 0 Å². The number of nitrogens with zero attached hydrogens (tertiary/aromatic N) is 6. The maximum Gasteiger partial charge on any atom is 0.233 e. The van der Waals surface area contributed by atoms with Crippen LogP contribution in [0.15, 0.2) is 18.3 Å². The fourth-order valence-corrected chi connectivity index (χ4v) is 3.97. The number of aliphatic hydroxyl groups is 1. The highest BCUT2D eigenvalue weighted by molar-refractivity contribution is 5.63. The van der Waals surface area contributed by atoms with Gasteiger partial charge in [0.2, 0.25) is 5.88 Å². The summed E-state index contributed by atoms with van der Waals surface area (Å²) in [5.41, 5.74) is 3.48. The summed E-state index contributed by atoms with van der Waals surface area (Å²) in [6, 6.07) is 6.22. The van der Waals surface area contributed by atoms with Crippen LogP contribution in [0.1, 0.15) is 29.8 Å². The number of likely N-dealkylation sites (tertiary alicyclic amines) is 1. The van der Waals surface area contributed by atoms with Gasteiger partial charge in [0.25, 0.3) is 0 Å². The number of nitriles is 1. The van der Waals surface area contributed by atoms with Crippen molar-refractivity contribution in [2.24, 2.45) is 0 Å². The molecule has 0 aliphatic carbocycles. The summed E-state index contributed by atoms with van der Waals surface area (Å²) in [5.74, 6) is 0.360. The van der Waals surface area contributed by atoms with Crippen molar-refractivity contribution in [2.75, 3.05) is 31.6 Å². The Kier molecular flexibility index (Phi) is 4.97. The first-order chi connectivity index (χ1) is 13.2. The molecule has 0 aromatic carbocycles. The molecular weight excluding hydrogens is 344 g/mol. The molecule has 0 spiro atoms. The summed E-state index contributed by atoms with van der Waals surface area (Å²) >= 11 is 0. The zero-order chi connectivity index (χ0) is 18.8. The standard InChI is InChI=1S/C19H24N6O2/c1-27-19-17(10-20)18(4-5-21-19)24-7-8-25-15(12-24)9-14(22-25)11-23-6-2-3-16(26)13-23/h4-5,9,16,26H,2-3,6-8,11-13H2,1H3/t16-/m0/s1. The van der Waals surface area contributed by atoms with Crippen LogP contribution in [0.2, 0.25) is 0 Å². The molecule has 1 N–H and O–H groups in total. The molecule has 0 unspecified atom stereocenters. The first-order valence-electron chi connectivity index (χ1n) is 9.32. The third kappa shape index (κ3) is 3.61. The van der Waals surface area contributed by atoms with Crippen LogP contribution in [0.25, 0.3) is 0 Å². The second-order valence-electron chi connectivity index (χ2n) is 7.13. The molecule has 142 valence electrons. The molecular formula is C19H24N6O2. The first kappa shape index (κ1) is 17.8. The van der Waals surface area contributed by atoms with E-state index in [1.165, 1.54) is 7.11 Å². The van der Waals surface area contributed by atoms with Crippen LogP contribution in [0.4, 0.5) is 5.69 Å². The van der Waals surface area contributed by atoms with E-state index in [1.807, 2.05) is 6.07 Å². The minimum absolute atomic E-state index is 0.224. The van der Waals surface area contributed by atoms with E-state index >= 15 is 0 Å². The highest BCUT2D eigenvalue weighted by Crippen LogP contribution is 2.29.